The molecule has 5 heteroatoms. The first kappa shape index (κ1) is 19.0. The van der Waals surface area contributed by atoms with Crippen molar-refractivity contribution >= 4 is 39.3 Å². The highest BCUT2D eigenvalue weighted by Gasteiger charge is 2.33. The summed E-state index contributed by atoms with van der Waals surface area (Å²) in [4.78, 5) is 14.9. The van der Waals surface area contributed by atoms with E-state index in [4.69, 9.17) is 16.3 Å². The fraction of sp³-hybridized carbons (Fsp3) is 0.174. The monoisotopic (exact) mass is 455 g/mol. The third-order valence-corrected chi connectivity index (χ3v) is 5.67. The Morgan fingerprint density at radius 3 is 2.68 bits per heavy atom. The molecule has 0 spiro atoms. The van der Waals surface area contributed by atoms with E-state index in [1.807, 2.05) is 66.7 Å². The van der Waals surface area contributed by atoms with Crippen molar-refractivity contribution in [2.75, 3.05) is 4.90 Å². The summed E-state index contributed by atoms with van der Waals surface area (Å²) in [7, 11) is 0. The molecular formula is C23H19BrClNO2. The molecule has 1 aliphatic heterocycles. The summed E-state index contributed by atoms with van der Waals surface area (Å²) in [5.41, 5.74) is 3.98. The molecule has 0 saturated carbocycles. The van der Waals surface area contributed by atoms with E-state index in [1.54, 1.807) is 4.90 Å². The van der Waals surface area contributed by atoms with Gasteiger partial charge in [-0.05, 0) is 53.8 Å². The predicted octanol–water partition coefficient (Wildman–Crippen LogP) is 6.93. The fourth-order valence-corrected chi connectivity index (χ4v) is 4.15. The second-order valence-corrected chi connectivity index (χ2v) is 8.14. The smallest absolute Gasteiger partial charge is 0.415 e. The second-order valence-electron chi connectivity index (χ2n) is 6.79. The van der Waals surface area contributed by atoms with E-state index in [0.717, 1.165) is 39.7 Å². The number of carbonyl (C=O) groups is 1. The average Bonchev–Trinajstić information content (AvgIpc) is 2.72. The third-order valence-electron chi connectivity index (χ3n) is 4.94. The third kappa shape index (κ3) is 4.08. The van der Waals surface area contributed by atoms with Crippen LogP contribution in [0.25, 0.3) is 0 Å². The molecule has 0 aliphatic carbocycles. The lowest BCUT2D eigenvalue weighted by atomic mass is 9.91. The molecule has 3 nitrogen and oxygen atoms in total. The Kier molecular flexibility index (Phi) is 5.69. The number of fused-ring (bicyclic) bond motifs is 1. The molecule has 0 N–H and O–H groups in total. The van der Waals surface area contributed by atoms with Gasteiger partial charge >= 0.3 is 6.09 Å². The maximum Gasteiger partial charge on any atom is 0.415 e. The van der Waals surface area contributed by atoms with Gasteiger partial charge in [-0.3, -0.25) is 4.90 Å². The van der Waals surface area contributed by atoms with Crippen LogP contribution >= 0.6 is 27.5 Å². The lowest BCUT2D eigenvalue weighted by Gasteiger charge is -2.37. The number of ether oxygens (including phenoxy) is 1. The van der Waals surface area contributed by atoms with Gasteiger partial charge in [-0.2, -0.15) is 0 Å². The van der Waals surface area contributed by atoms with E-state index in [-0.39, 0.29) is 18.7 Å². The molecule has 3 aromatic carbocycles. The van der Waals surface area contributed by atoms with Crippen molar-refractivity contribution in [2.24, 2.45) is 0 Å². The van der Waals surface area contributed by atoms with Gasteiger partial charge in [0.25, 0.3) is 0 Å². The molecule has 1 amide bonds. The van der Waals surface area contributed by atoms with E-state index in [0.29, 0.717) is 5.02 Å². The second kappa shape index (κ2) is 8.38. The largest absolute Gasteiger partial charge is 0.444 e. The maximum atomic E-state index is 13.2. The van der Waals surface area contributed by atoms with Gasteiger partial charge in [0.05, 0.1) is 11.7 Å². The van der Waals surface area contributed by atoms with Crippen molar-refractivity contribution in [3.05, 3.63) is 99.0 Å². The van der Waals surface area contributed by atoms with Crippen molar-refractivity contribution in [2.45, 2.75) is 25.5 Å². The fourth-order valence-electron chi connectivity index (χ4n) is 3.61. The molecule has 0 radical (unpaired) electrons. The molecule has 1 atom stereocenters. The average molecular weight is 457 g/mol. The topological polar surface area (TPSA) is 29.5 Å². The zero-order chi connectivity index (χ0) is 19.5. The number of benzene rings is 3. The van der Waals surface area contributed by atoms with E-state index >= 15 is 0 Å². The molecule has 1 heterocycles. The van der Waals surface area contributed by atoms with E-state index in [9.17, 15) is 4.79 Å². The van der Waals surface area contributed by atoms with Crippen molar-refractivity contribution < 1.29 is 9.53 Å². The Labute approximate surface area is 178 Å². The molecule has 3 aromatic rings. The van der Waals surface area contributed by atoms with Gasteiger partial charge in [0.15, 0.2) is 0 Å². The maximum absolute atomic E-state index is 13.2. The molecule has 142 valence electrons. The normalized spacial score (nSPS) is 15.8. The number of aryl methyl sites for hydroxylation is 1. The van der Waals surface area contributed by atoms with Crippen LogP contribution in [0.3, 0.4) is 0 Å². The van der Waals surface area contributed by atoms with Crippen molar-refractivity contribution in [3.8, 4) is 0 Å². The van der Waals surface area contributed by atoms with Gasteiger partial charge in [-0.15, -0.1) is 0 Å². The summed E-state index contributed by atoms with van der Waals surface area (Å²) < 4.78 is 6.61. The van der Waals surface area contributed by atoms with Crippen LogP contribution in [0.1, 0.15) is 29.2 Å². The summed E-state index contributed by atoms with van der Waals surface area (Å²) in [6, 6.07) is 23.3. The van der Waals surface area contributed by atoms with Gasteiger partial charge in [0.2, 0.25) is 0 Å². The van der Waals surface area contributed by atoms with Gasteiger partial charge in [0, 0.05) is 9.50 Å². The molecular weight excluding hydrogens is 438 g/mol. The molecule has 0 saturated heterocycles. The quantitative estimate of drug-likeness (QED) is 0.427. The minimum absolute atomic E-state index is 0.122. The minimum atomic E-state index is -0.354. The lowest BCUT2D eigenvalue weighted by Crippen LogP contribution is -2.38. The van der Waals surface area contributed by atoms with Crippen LogP contribution in [0.5, 0.6) is 0 Å². The number of hydrogen-bond acceptors (Lipinski definition) is 2. The first-order valence-electron chi connectivity index (χ1n) is 9.15. The van der Waals surface area contributed by atoms with Gasteiger partial charge in [-0.1, -0.05) is 76.1 Å². The summed E-state index contributed by atoms with van der Waals surface area (Å²) in [6.45, 7) is 0.238. The molecule has 1 aliphatic rings. The first-order chi connectivity index (χ1) is 13.6. The van der Waals surface area contributed by atoms with Crippen LogP contribution in [0.2, 0.25) is 5.02 Å². The van der Waals surface area contributed by atoms with Gasteiger partial charge in [0.1, 0.15) is 6.61 Å². The van der Waals surface area contributed by atoms with E-state index in [2.05, 4.69) is 22.0 Å². The number of anilines is 1. The standard InChI is InChI=1S/C23H19BrClNO2/c24-19-11-9-17-10-12-21(18-7-4-8-20(25)13-18)26(22(17)14-19)23(27)28-15-16-5-2-1-3-6-16/h1-9,11,13-14,21H,10,12,15H2. The van der Waals surface area contributed by atoms with Crippen LogP contribution in [0, 0.1) is 0 Å². The number of carbonyl (C=O) groups excluding carboxylic acids is 1. The van der Waals surface area contributed by atoms with Crippen molar-refractivity contribution in [1.29, 1.82) is 0 Å². The van der Waals surface area contributed by atoms with Crippen LogP contribution < -0.4 is 4.90 Å². The van der Waals surface area contributed by atoms with Crippen LogP contribution in [0.15, 0.2) is 77.3 Å². The zero-order valence-electron chi connectivity index (χ0n) is 15.1. The summed E-state index contributed by atoms with van der Waals surface area (Å²) in [5.74, 6) is 0. The van der Waals surface area contributed by atoms with Gasteiger partial charge < -0.3 is 4.74 Å². The highest BCUT2D eigenvalue weighted by atomic mass is 79.9. The molecule has 1 unspecified atom stereocenters. The molecule has 0 aromatic heterocycles. The van der Waals surface area contributed by atoms with Crippen molar-refractivity contribution in [3.63, 3.8) is 0 Å². The number of hydrogen-bond donors (Lipinski definition) is 0. The highest BCUT2D eigenvalue weighted by molar-refractivity contribution is 9.10. The highest BCUT2D eigenvalue weighted by Crippen LogP contribution is 2.40. The Morgan fingerprint density at radius 2 is 1.89 bits per heavy atom. The Bertz CT molecular complexity index is 993. The Morgan fingerprint density at radius 1 is 1.07 bits per heavy atom. The Balaban J connectivity index is 1.67. The number of nitrogens with zero attached hydrogens (tertiary/aromatic N) is 1. The number of rotatable bonds is 3. The van der Waals surface area contributed by atoms with E-state index < -0.39 is 0 Å². The molecule has 28 heavy (non-hydrogen) atoms. The summed E-state index contributed by atoms with van der Waals surface area (Å²) >= 11 is 9.75. The first-order valence-corrected chi connectivity index (χ1v) is 10.3. The summed E-state index contributed by atoms with van der Waals surface area (Å²) in [6.07, 6.45) is 1.35. The number of amides is 1. The summed E-state index contributed by atoms with van der Waals surface area (Å²) in [5, 5.41) is 0.662. The minimum Gasteiger partial charge on any atom is -0.444 e. The van der Waals surface area contributed by atoms with Crippen LogP contribution in [-0.4, -0.2) is 6.09 Å². The van der Waals surface area contributed by atoms with Crippen LogP contribution in [-0.2, 0) is 17.8 Å². The molecule has 0 fully saturated rings. The van der Waals surface area contributed by atoms with Gasteiger partial charge in [-0.25, -0.2) is 4.79 Å². The molecule has 0 bridgehead atoms. The Hall–Kier alpha value is -2.30. The van der Waals surface area contributed by atoms with Crippen LogP contribution in [0.4, 0.5) is 10.5 Å². The predicted molar refractivity (Wildman–Crippen MR) is 116 cm³/mol. The lowest BCUT2D eigenvalue weighted by molar-refractivity contribution is 0.143. The van der Waals surface area contributed by atoms with Crippen molar-refractivity contribution in [1.82, 2.24) is 0 Å². The van der Waals surface area contributed by atoms with E-state index in [1.165, 1.54) is 0 Å². The number of halogens is 2. The SMILES string of the molecule is O=C(OCc1ccccc1)N1c2cc(Br)ccc2CCC1c1cccc(Cl)c1. The molecule has 4 rings (SSSR count). The zero-order valence-corrected chi connectivity index (χ0v) is 17.5.